The molecule has 0 aliphatic rings. The predicted molar refractivity (Wildman–Crippen MR) is 78.3 cm³/mol. The summed E-state index contributed by atoms with van der Waals surface area (Å²) in [6.45, 7) is 7.16. The van der Waals surface area contributed by atoms with Gasteiger partial charge in [-0.2, -0.15) is 0 Å². The molecule has 2 rings (SSSR count). The molecule has 0 fully saturated rings. The molecule has 1 unspecified atom stereocenters. The first-order chi connectivity index (χ1) is 9.30. The van der Waals surface area contributed by atoms with Crippen LogP contribution in [0.3, 0.4) is 0 Å². The van der Waals surface area contributed by atoms with Crippen LogP contribution >= 0.6 is 11.3 Å². The molecule has 0 saturated heterocycles. The van der Waals surface area contributed by atoms with Crippen LogP contribution in [0, 0.1) is 6.92 Å². The molecule has 0 aliphatic heterocycles. The lowest BCUT2D eigenvalue weighted by molar-refractivity contribution is -0.142. The third-order valence-corrected chi connectivity index (χ3v) is 3.98. The number of nitrogens with one attached hydrogen (secondary N) is 1. The molecule has 0 aromatic carbocycles. The van der Waals surface area contributed by atoms with Gasteiger partial charge in [0.15, 0.2) is 5.13 Å². The van der Waals surface area contributed by atoms with E-state index >= 15 is 0 Å². The molecule has 2 aromatic heterocycles. The van der Waals surface area contributed by atoms with E-state index in [1.165, 1.54) is 11.3 Å². The summed E-state index contributed by atoms with van der Waals surface area (Å²) in [6.07, 6.45) is 0. The molecule has 0 aliphatic carbocycles. The summed E-state index contributed by atoms with van der Waals surface area (Å²) in [5.41, 5.74) is -0.429. The lowest BCUT2D eigenvalue weighted by Gasteiger charge is -2.16. The van der Waals surface area contributed by atoms with Crippen LogP contribution in [-0.4, -0.2) is 16.1 Å². The summed E-state index contributed by atoms with van der Waals surface area (Å²) in [4.78, 5) is 15.6. The number of thiazole rings is 1. The number of aryl methyl sites for hydroxylation is 1. The Hall–Kier alpha value is -1.82. The molecule has 0 saturated carbocycles. The monoisotopic (exact) mass is 294 g/mol. The van der Waals surface area contributed by atoms with Gasteiger partial charge in [-0.25, -0.2) is 4.98 Å². The van der Waals surface area contributed by atoms with Crippen LogP contribution in [0.25, 0.3) is 0 Å². The molecule has 0 spiro atoms. The lowest BCUT2D eigenvalue weighted by atomic mass is 9.90. The largest absolute Gasteiger partial charge is 0.481 e. The zero-order chi connectivity index (χ0) is 14.9. The highest BCUT2D eigenvalue weighted by Crippen LogP contribution is 2.29. The van der Waals surface area contributed by atoms with E-state index in [9.17, 15) is 9.90 Å². The van der Waals surface area contributed by atoms with Crippen LogP contribution in [0.4, 0.5) is 5.13 Å². The molecular formula is C14H18N2O3S. The zero-order valence-corrected chi connectivity index (χ0v) is 12.7. The van der Waals surface area contributed by atoms with Gasteiger partial charge in [0.1, 0.15) is 16.9 Å². The van der Waals surface area contributed by atoms with Crippen LogP contribution in [0.5, 0.6) is 0 Å². The van der Waals surface area contributed by atoms with Crippen molar-refractivity contribution in [1.29, 1.82) is 0 Å². The predicted octanol–water partition coefficient (Wildman–Crippen LogP) is 3.58. The molecule has 108 valence electrons. The van der Waals surface area contributed by atoms with E-state index in [1.54, 1.807) is 19.2 Å². The van der Waals surface area contributed by atoms with Gasteiger partial charge in [0.2, 0.25) is 0 Å². The number of anilines is 1. The van der Waals surface area contributed by atoms with Crippen LogP contribution in [0.1, 0.15) is 44.0 Å². The van der Waals surface area contributed by atoms with E-state index in [2.05, 4.69) is 10.3 Å². The summed E-state index contributed by atoms with van der Waals surface area (Å²) < 4.78 is 5.55. The fraction of sp³-hybridized carbons (Fsp3) is 0.429. The number of aliphatic carboxylic acids is 1. The third kappa shape index (κ3) is 2.85. The minimum absolute atomic E-state index is 0.0179. The average Bonchev–Trinajstić information content (AvgIpc) is 2.98. The van der Waals surface area contributed by atoms with E-state index in [0.29, 0.717) is 10.8 Å². The van der Waals surface area contributed by atoms with Gasteiger partial charge in [0.25, 0.3) is 0 Å². The maximum Gasteiger partial charge on any atom is 0.315 e. The van der Waals surface area contributed by atoms with Crippen molar-refractivity contribution in [2.24, 2.45) is 0 Å². The van der Waals surface area contributed by atoms with E-state index < -0.39 is 11.4 Å². The molecule has 0 amide bonds. The SMILES string of the molecule is Cc1ccc(C(C)Nc2nc(C(C)(C)C(=O)O)cs2)o1. The van der Waals surface area contributed by atoms with Gasteiger partial charge in [0.05, 0.1) is 11.7 Å². The van der Waals surface area contributed by atoms with Crippen LogP contribution in [0.15, 0.2) is 21.9 Å². The van der Waals surface area contributed by atoms with E-state index in [4.69, 9.17) is 4.42 Å². The second-order valence-electron chi connectivity index (χ2n) is 5.28. The first-order valence-electron chi connectivity index (χ1n) is 6.33. The zero-order valence-electron chi connectivity index (χ0n) is 11.9. The van der Waals surface area contributed by atoms with Crippen LogP contribution in [0.2, 0.25) is 0 Å². The second-order valence-corrected chi connectivity index (χ2v) is 6.14. The minimum atomic E-state index is -0.985. The molecule has 1 atom stereocenters. The number of carbonyl (C=O) groups is 1. The van der Waals surface area contributed by atoms with Crippen molar-refractivity contribution in [2.75, 3.05) is 5.32 Å². The van der Waals surface area contributed by atoms with E-state index in [0.717, 1.165) is 11.5 Å². The molecule has 2 aromatic rings. The van der Waals surface area contributed by atoms with Crippen LogP contribution in [-0.2, 0) is 10.2 Å². The van der Waals surface area contributed by atoms with Gasteiger partial charge in [-0.15, -0.1) is 11.3 Å². The van der Waals surface area contributed by atoms with E-state index in [1.807, 2.05) is 26.0 Å². The first kappa shape index (κ1) is 14.6. The maximum atomic E-state index is 11.2. The summed E-state index contributed by atoms with van der Waals surface area (Å²) in [7, 11) is 0. The topological polar surface area (TPSA) is 75.4 Å². The summed E-state index contributed by atoms with van der Waals surface area (Å²) in [5, 5.41) is 14.9. The Morgan fingerprint density at radius 3 is 2.75 bits per heavy atom. The highest BCUT2D eigenvalue weighted by Gasteiger charge is 2.32. The Balaban J connectivity index is 2.12. The van der Waals surface area contributed by atoms with Crippen molar-refractivity contribution < 1.29 is 14.3 Å². The van der Waals surface area contributed by atoms with Gasteiger partial charge >= 0.3 is 5.97 Å². The standard InChI is InChI=1S/C14H18N2O3S/c1-8-5-6-10(19-8)9(2)15-13-16-11(7-20-13)14(3,4)12(17)18/h5-7,9H,1-4H3,(H,15,16)(H,17,18). The Morgan fingerprint density at radius 2 is 2.20 bits per heavy atom. The van der Waals surface area contributed by atoms with Gasteiger partial charge in [0, 0.05) is 5.38 Å². The minimum Gasteiger partial charge on any atom is -0.481 e. The smallest absolute Gasteiger partial charge is 0.315 e. The Kier molecular flexibility index (Phi) is 3.85. The molecule has 5 nitrogen and oxygen atoms in total. The normalized spacial score (nSPS) is 13.2. The second kappa shape index (κ2) is 5.28. The fourth-order valence-electron chi connectivity index (χ4n) is 1.68. The number of carboxylic acid groups (broad SMARTS) is 1. The number of rotatable bonds is 5. The molecule has 0 bridgehead atoms. The maximum absolute atomic E-state index is 11.2. The molecular weight excluding hydrogens is 276 g/mol. The highest BCUT2D eigenvalue weighted by molar-refractivity contribution is 7.13. The van der Waals surface area contributed by atoms with Crippen molar-refractivity contribution in [3.63, 3.8) is 0 Å². The van der Waals surface area contributed by atoms with E-state index in [-0.39, 0.29) is 6.04 Å². The Labute approximate surface area is 121 Å². The number of aromatic nitrogens is 1. The van der Waals surface area contributed by atoms with Crippen molar-refractivity contribution in [3.8, 4) is 0 Å². The van der Waals surface area contributed by atoms with Crippen molar-refractivity contribution >= 4 is 22.4 Å². The summed E-state index contributed by atoms with van der Waals surface area (Å²) >= 11 is 1.40. The molecule has 0 radical (unpaired) electrons. The number of hydrogen-bond acceptors (Lipinski definition) is 5. The Bertz CT molecular complexity index is 615. The van der Waals surface area contributed by atoms with Gasteiger partial charge < -0.3 is 14.8 Å². The van der Waals surface area contributed by atoms with Gasteiger partial charge in [-0.05, 0) is 39.8 Å². The molecule has 6 heteroatoms. The Morgan fingerprint density at radius 1 is 1.50 bits per heavy atom. The lowest BCUT2D eigenvalue weighted by Crippen LogP contribution is -2.28. The third-order valence-electron chi connectivity index (χ3n) is 3.21. The fourth-order valence-corrected chi connectivity index (χ4v) is 2.65. The van der Waals surface area contributed by atoms with Gasteiger partial charge in [-0.1, -0.05) is 0 Å². The first-order valence-corrected chi connectivity index (χ1v) is 7.21. The quantitative estimate of drug-likeness (QED) is 0.881. The average molecular weight is 294 g/mol. The van der Waals surface area contributed by atoms with Crippen molar-refractivity contribution in [1.82, 2.24) is 4.98 Å². The van der Waals surface area contributed by atoms with Gasteiger partial charge in [-0.3, -0.25) is 4.79 Å². The number of hydrogen-bond donors (Lipinski definition) is 2. The molecule has 2 heterocycles. The van der Waals surface area contributed by atoms with Crippen molar-refractivity contribution in [2.45, 2.75) is 39.2 Å². The number of carboxylic acids is 1. The van der Waals surface area contributed by atoms with Crippen molar-refractivity contribution in [3.05, 3.63) is 34.7 Å². The van der Waals surface area contributed by atoms with Crippen LogP contribution < -0.4 is 5.32 Å². The number of nitrogens with zero attached hydrogens (tertiary/aromatic N) is 1. The highest BCUT2D eigenvalue weighted by atomic mass is 32.1. The molecule has 20 heavy (non-hydrogen) atoms. The summed E-state index contributed by atoms with van der Waals surface area (Å²) in [6, 6.07) is 3.81. The molecule has 2 N–H and O–H groups in total. The number of furan rings is 1. The summed E-state index contributed by atoms with van der Waals surface area (Å²) in [5.74, 6) is 0.807.